The number of hydrazone groups is 1. The summed E-state index contributed by atoms with van der Waals surface area (Å²) in [7, 11) is -2.35. The third kappa shape index (κ3) is 5.15. The fourth-order valence-electron chi connectivity index (χ4n) is 3.84. The minimum atomic E-state index is -3.96. The number of nitrogens with zero attached hydrogens (tertiary/aromatic N) is 1. The largest absolute Gasteiger partial charge is 0.497 e. The van der Waals surface area contributed by atoms with E-state index in [1.165, 1.54) is 6.07 Å². The number of nitrogens with two attached hydrogens (primary N) is 1. The predicted molar refractivity (Wildman–Crippen MR) is 136 cm³/mol. The van der Waals surface area contributed by atoms with Gasteiger partial charge in [0.1, 0.15) is 5.75 Å². The summed E-state index contributed by atoms with van der Waals surface area (Å²) >= 11 is 12.6. The molecule has 2 atom stereocenters. The first-order valence-corrected chi connectivity index (χ1v) is 12.7. The summed E-state index contributed by atoms with van der Waals surface area (Å²) in [4.78, 5) is 0.0980. The van der Waals surface area contributed by atoms with Crippen molar-refractivity contribution in [2.75, 3.05) is 12.8 Å². The van der Waals surface area contributed by atoms with Crippen molar-refractivity contribution in [1.29, 1.82) is 0 Å². The average Bonchev–Trinajstić information content (AvgIpc) is 3.29. The Hall–Kier alpha value is -2.78. The standard InChI is InChI=1S/C24H24Cl2N4O3S/c1-14-3-7-17(27)12-23(14)34(31,32)30-24(19-10-6-16(25)11-20(19)26)22-13-21(28-29-22)15-4-8-18(33-2)9-5-15/h3-12,21,24,28,30H,13,27H2,1-2H3. The molecule has 0 spiro atoms. The smallest absolute Gasteiger partial charge is 0.241 e. The van der Waals surface area contributed by atoms with Crippen LogP contribution < -0.4 is 20.6 Å². The fraction of sp³-hybridized carbons (Fsp3) is 0.208. The van der Waals surface area contributed by atoms with Gasteiger partial charge in [0.05, 0.1) is 29.8 Å². The number of anilines is 1. The van der Waals surface area contributed by atoms with Crippen LogP contribution in [0.25, 0.3) is 0 Å². The Kier molecular flexibility index (Phi) is 7.04. The molecule has 0 saturated carbocycles. The van der Waals surface area contributed by atoms with Gasteiger partial charge in [0.15, 0.2) is 0 Å². The van der Waals surface area contributed by atoms with Crippen LogP contribution in [0.5, 0.6) is 5.75 Å². The first-order chi connectivity index (χ1) is 16.2. The summed E-state index contributed by atoms with van der Waals surface area (Å²) < 4.78 is 34.9. The van der Waals surface area contributed by atoms with E-state index in [0.29, 0.717) is 39.0 Å². The highest BCUT2D eigenvalue weighted by Gasteiger charge is 2.32. The summed E-state index contributed by atoms with van der Waals surface area (Å²) in [6, 6.07) is 16.4. The lowest BCUT2D eigenvalue weighted by molar-refractivity contribution is 0.414. The number of sulfonamides is 1. The van der Waals surface area contributed by atoms with Gasteiger partial charge in [-0.25, -0.2) is 8.42 Å². The van der Waals surface area contributed by atoms with Crippen LogP contribution in [-0.2, 0) is 10.0 Å². The molecule has 4 N–H and O–H groups in total. The van der Waals surface area contributed by atoms with Gasteiger partial charge in [-0.2, -0.15) is 9.82 Å². The third-order valence-corrected chi connectivity index (χ3v) is 7.80. The lowest BCUT2D eigenvalue weighted by Crippen LogP contribution is -2.34. The molecule has 0 amide bonds. The number of benzene rings is 3. The van der Waals surface area contributed by atoms with Gasteiger partial charge < -0.3 is 15.9 Å². The van der Waals surface area contributed by atoms with Crippen LogP contribution in [0.2, 0.25) is 10.0 Å². The number of nitrogens with one attached hydrogen (secondary N) is 2. The lowest BCUT2D eigenvalue weighted by atomic mass is 9.96. The molecule has 2 unspecified atom stereocenters. The molecule has 1 aliphatic rings. The topological polar surface area (TPSA) is 106 Å². The normalized spacial score (nSPS) is 16.6. The van der Waals surface area contributed by atoms with Gasteiger partial charge in [-0.15, -0.1) is 0 Å². The first-order valence-electron chi connectivity index (χ1n) is 10.5. The highest BCUT2D eigenvalue weighted by molar-refractivity contribution is 7.89. The molecular weight excluding hydrogens is 495 g/mol. The molecule has 3 aromatic rings. The Balaban J connectivity index is 1.68. The van der Waals surface area contributed by atoms with E-state index in [1.54, 1.807) is 44.4 Å². The molecule has 0 aliphatic carbocycles. The van der Waals surface area contributed by atoms with Gasteiger partial charge >= 0.3 is 0 Å². The van der Waals surface area contributed by atoms with Crippen LogP contribution in [0.1, 0.15) is 35.2 Å². The molecular formula is C24H24Cl2N4O3S. The Morgan fingerprint density at radius 3 is 2.53 bits per heavy atom. The summed E-state index contributed by atoms with van der Waals surface area (Å²) in [6.45, 7) is 1.71. The zero-order valence-electron chi connectivity index (χ0n) is 18.5. The highest BCUT2D eigenvalue weighted by Crippen LogP contribution is 2.34. The van der Waals surface area contributed by atoms with Crippen LogP contribution in [0.15, 0.2) is 70.7 Å². The maximum atomic E-state index is 13.4. The SMILES string of the molecule is COc1ccc(C2CC(C(NS(=O)(=O)c3cc(N)ccc3C)c3ccc(Cl)cc3Cl)=NN2)cc1. The van der Waals surface area contributed by atoms with Crippen molar-refractivity contribution in [3.05, 3.63) is 87.4 Å². The molecule has 0 bridgehead atoms. The summed E-state index contributed by atoms with van der Waals surface area (Å²) in [6.07, 6.45) is 0.467. The van der Waals surface area contributed by atoms with Crippen molar-refractivity contribution < 1.29 is 13.2 Å². The summed E-state index contributed by atoms with van der Waals surface area (Å²) in [5.41, 5.74) is 12.0. The number of nitrogen functional groups attached to an aromatic ring is 1. The minimum Gasteiger partial charge on any atom is -0.497 e. The van der Waals surface area contributed by atoms with E-state index >= 15 is 0 Å². The van der Waals surface area contributed by atoms with Crippen molar-refractivity contribution in [3.63, 3.8) is 0 Å². The van der Waals surface area contributed by atoms with Gasteiger partial charge in [0, 0.05) is 22.2 Å². The highest BCUT2D eigenvalue weighted by atomic mass is 35.5. The molecule has 7 nitrogen and oxygen atoms in total. The van der Waals surface area contributed by atoms with Crippen LogP contribution in [0, 0.1) is 6.92 Å². The second-order valence-corrected chi connectivity index (χ2v) is 10.5. The van der Waals surface area contributed by atoms with E-state index in [9.17, 15) is 8.42 Å². The first kappa shape index (κ1) is 24.3. The molecule has 10 heteroatoms. The van der Waals surface area contributed by atoms with Crippen molar-refractivity contribution in [2.45, 2.75) is 30.3 Å². The fourth-order valence-corrected chi connectivity index (χ4v) is 5.84. The Morgan fingerprint density at radius 2 is 1.85 bits per heavy atom. The van der Waals surface area contributed by atoms with Crippen LogP contribution in [-0.4, -0.2) is 21.2 Å². The molecule has 1 aliphatic heterocycles. The van der Waals surface area contributed by atoms with Crippen molar-refractivity contribution >= 4 is 44.6 Å². The van der Waals surface area contributed by atoms with Crippen molar-refractivity contribution in [2.24, 2.45) is 5.10 Å². The van der Waals surface area contributed by atoms with Gasteiger partial charge in [0.25, 0.3) is 0 Å². The van der Waals surface area contributed by atoms with Gasteiger partial charge in [-0.1, -0.05) is 47.5 Å². The molecule has 4 rings (SSSR count). The van der Waals surface area contributed by atoms with Crippen LogP contribution in [0.3, 0.4) is 0 Å². The van der Waals surface area contributed by atoms with E-state index in [4.69, 9.17) is 33.7 Å². The molecule has 0 aromatic heterocycles. The number of hydrogen-bond acceptors (Lipinski definition) is 6. The Morgan fingerprint density at radius 1 is 1.12 bits per heavy atom. The van der Waals surface area contributed by atoms with Gasteiger partial charge in [-0.05, 0) is 60.0 Å². The van der Waals surface area contributed by atoms with E-state index in [0.717, 1.165) is 11.3 Å². The van der Waals surface area contributed by atoms with E-state index in [-0.39, 0.29) is 10.9 Å². The van der Waals surface area contributed by atoms with E-state index in [2.05, 4.69) is 15.2 Å². The van der Waals surface area contributed by atoms with Crippen LogP contribution in [0.4, 0.5) is 5.69 Å². The number of halogens is 2. The average molecular weight is 519 g/mol. The molecule has 34 heavy (non-hydrogen) atoms. The molecule has 0 saturated heterocycles. The maximum Gasteiger partial charge on any atom is 0.241 e. The molecule has 0 radical (unpaired) electrons. The molecule has 0 fully saturated rings. The zero-order valence-corrected chi connectivity index (χ0v) is 20.9. The summed E-state index contributed by atoms with van der Waals surface area (Å²) in [5, 5.41) is 5.27. The van der Waals surface area contributed by atoms with Gasteiger partial charge in [0.2, 0.25) is 10.0 Å². The molecule has 3 aromatic carbocycles. The Bertz CT molecular complexity index is 1340. The predicted octanol–water partition coefficient (Wildman–Crippen LogP) is 5.00. The zero-order chi connectivity index (χ0) is 24.5. The number of aryl methyl sites for hydroxylation is 1. The van der Waals surface area contributed by atoms with Crippen molar-refractivity contribution in [3.8, 4) is 5.75 Å². The minimum absolute atomic E-state index is 0.0980. The number of methoxy groups -OCH3 is 1. The second kappa shape index (κ2) is 9.84. The number of rotatable bonds is 7. The third-order valence-electron chi connectivity index (χ3n) is 5.68. The number of hydrogen-bond donors (Lipinski definition) is 3. The molecule has 178 valence electrons. The van der Waals surface area contributed by atoms with Gasteiger partial charge in [-0.3, -0.25) is 0 Å². The second-order valence-electron chi connectivity index (χ2n) is 8.01. The van der Waals surface area contributed by atoms with E-state index < -0.39 is 16.1 Å². The van der Waals surface area contributed by atoms with Crippen molar-refractivity contribution in [1.82, 2.24) is 10.1 Å². The lowest BCUT2D eigenvalue weighted by Gasteiger charge is -2.21. The number of ether oxygens (including phenoxy) is 1. The van der Waals surface area contributed by atoms with E-state index in [1.807, 2.05) is 24.3 Å². The quantitative estimate of drug-likeness (QED) is 0.381. The molecule has 1 heterocycles. The van der Waals surface area contributed by atoms with Crippen LogP contribution >= 0.6 is 23.2 Å². The summed E-state index contributed by atoms with van der Waals surface area (Å²) in [5.74, 6) is 0.749. The Labute approximate surface area is 209 Å². The monoisotopic (exact) mass is 518 g/mol. The maximum absolute atomic E-state index is 13.4.